The van der Waals surface area contributed by atoms with Gasteiger partial charge in [0.15, 0.2) is 0 Å². The summed E-state index contributed by atoms with van der Waals surface area (Å²) in [5, 5.41) is 14.1. The molecule has 41 heavy (non-hydrogen) atoms. The smallest absolute Gasteiger partial charge is 0.412 e. The number of amides is 3. The highest BCUT2D eigenvalue weighted by Crippen LogP contribution is 2.24. The lowest BCUT2D eigenvalue weighted by atomic mass is 9.99. The molecular formula is C30H39N3O7S. The van der Waals surface area contributed by atoms with Crippen molar-refractivity contribution in [3.63, 3.8) is 0 Å². The number of carbonyl (C=O) groups is 4. The molecule has 2 aromatic rings. The van der Waals surface area contributed by atoms with Gasteiger partial charge in [0.2, 0.25) is 11.8 Å². The molecule has 3 rings (SSSR count). The van der Waals surface area contributed by atoms with Gasteiger partial charge < -0.3 is 25.2 Å². The van der Waals surface area contributed by atoms with E-state index < -0.39 is 48.3 Å². The quantitative estimate of drug-likeness (QED) is 0.336. The van der Waals surface area contributed by atoms with E-state index >= 15 is 0 Å². The summed E-state index contributed by atoms with van der Waals surface area (Å²) in [6, 6.07) is 14.8. The highest BCUT2D eigenvalue weighted by molar-refractivity contribution is 7.98. The molecule has 0 saturated carbocycles. The maximum absolute atomic E-state index is 13.0. The first-order valence-corrected chi connectivity index (χ1v) is 14.8. The number of hydrogen-bond acceptors (Lipinski definition) is 7. The van der Waals surface area contributed by atoms with Gasteiger partial charge in [-0.3, -0.25) is 19.3 Å². The largest absolute Gasteiger partial charge is 0.480 e. The van der Waals surface area contributed by atoms with Gasteiger partial charge in [-0.05, 0) is 62.3 Å². The Kier molecular flexibility index (Phi) is 11.6. The molecule has 1 fully saturated rings. The maximum atomic E-state index is 13.0. The van der Waals surface area contributed by atoms with Crippen LogP contribution in [0.25, 0.3) is 11.1 Å². The van der Waals surface area contributed by atoms with E-state index in [1.165, 1.54) is 4.90 Å². The summed E-state index contributed by atoms with van der Waals surface area (Å²) >= 11 is 1.66. The number of ether oxygens (including phenoxy) is 2. The fraction of sp³-hybridized carbons (Fsp3) is 0.467. The number of thioether (sulfide) groups is 1. The second kappa shape index (κ2) is 14.9. The van der Waals surface area contributed by atoms with Crippen LogP contribution in [0.5, 0.6) is 0 Å². The van der Waals surface area contributed by atoms with Gasteiger partial charge in [0.1, 0.15) is 24.4 Å². The number of carbonyl (C=O) groups excluding carboxylic acids is 3. The molecule has 3 N–H and O–H groups in total. The van der Waals surface area contributed by atoms with Crippen molar-refractivity contribution >= 4 is 35.6 Å². The van der Waals surface area contributed by atoms with E-state index in [1.54, 1.807) is 32.5 Å². The molecule has 3 amide bonds. The molecule has 0 aliphatic carbocycles. The molecule has 1 aliphatic heterocycles. The van der Waals surface area contributed by atoms with E-state index in [1.807, 2.05) is 54.8 Å². The Bertz CT molecular complexity index is 1210. The van der Waals surface area contributed by atoms with Gasteiger partial charge in [0.05, 0.1) is 6.61 Å². The Morgan fingerprint density at radius 3 is 2.51 bits per heavy atom. The third-order valence-corrected chi connectivity index (χ3v) is 7.05. The lowest BCUT2D eigenvalue weighted by Crippen LogP contribution is -2.50. The van der Waals surface area contributed by atoms with Crippen molar-refractivity contribution in [2.24, 2.45) is 0 Å². The van der Waals surface area contributed by atoms with E-state index in [0.29, 0.717) is 19.6 Å². The van der Waals surface area contributed by atoms with Crippen LogP contribution in [0.1, 0.15) is 45.6 Å². The maximum Gasteiger partial charge on any atom is 0.412 e. The standard InChI is InChI=1S/C30H39N3O7S/c1-30(2,3)40-29(38)33-15-6-16-39-26(33)14-13-25(34)32-24(28(37)31-19-27(35)36)18-20-7-5-8-22(17-20)21-9-11-23(41-4)12-10-21/h5,7-12,17,24,26H,6,13-16,18-19H2,1-4H3,(H,31,37)(H,32,34)(H,35,36)/t24-,26?/m0/s1. The van der Waals surface area contributed by atoms with Crippen molar-refractivity contribution < 1.29 is 33.8 Å². The molecule has 2 atom stereocenters. The Labute approximate surface area is 245 Å². The fourth-order valence-corrected chi connectivity index (χ4v) is 4.78. The summed E-state index contributed by atoms with van der Waals surface area (Å²) in [6.45, 7) is 5.70. The zero-order valence-electron chi connectivity index (χ0n) is 24.0. The highest BCUT2D eigenvalue weighted by Gasteiger charge is 2.32. The summed E-state index contributed by atoms with van der Waals surface area (Å²) in [5.41, 5.74) is 2.12. The Hall–Kier alpha value is -3.57. The molecule has 2 aromatic carbocycles. The zero-order valence-corrected chi connectivity index (χ0v) is 24.8. The first-order chi connectivity index (χ1) is 19.4. The molecule has 0 bridgehead atoms. The number of nitrogens with one attached hydrogen (secondary N) is 2. The van der Waals surface area contributed by atoms with Crippen molar-refractivity contribution in [1.82, 2.24) is 15.5 Å². The predicted molar refractivity (Wildman–Crippen MR) is 156 cm³/mol. The molecule has 1 unspecified atom stereocenters. The van der Waals surface area contributed by atoms with Crippen molar-refractivity contribution in [1.29, 1.82) is 0 Å². The van der Waals surface area contributed by atoms with E-state index in [-0.39, 0.29) is 19.3 Å². The minimum Gasteiger partial charge on any atom is -0.480 e. The van der Waals surface area contributed by atoms with Crippen LogP contribution in [-0.2, 0) is 30.3 Å². The van der Waals surface area contributed by atoms with E-state index in [4.69, 9.17) is 14.6 Å². The van der Waals surface area contributed by atoms with Crippen LogP contribution in [0, 0.1) is 0 Å². The summed E-state index contributed by atoms with van der Waals surface area (Å²) in [7, 11) is 0. The second-order valence-corrected chi connectivity index (χ2v) is 11.6. The van der Waals surface area contributed by atoms with Crippen LogP contribution in [0.15, 0.2) is 53.4 Å². The number of carboxylic acid groups (broad SMARTS) is 1. The van der Waals surface area contributed by atoms with E-state index in [9.17, 15) is 19.2 Å². The minimum absolute atomic E-state index is 0.00545. The van der Waals surface area contributed by atoms with Gasteiger partial charge in [-0.2, -0.15) is 0 Å². The Morgan fingerprint density at radius 1 is 1.12 bits per heavy atom. The molecule has 1 saturated heterocycles. The van der Waals surface area contributed by atoms with Crippen molar-refractivity contribution in [3.05, 3.63) is 54.1 Å². The fourth-order valence-electron chi connectivity index (χ4n) is 4.37. The summed E-state index contributed by atoms with van der Waals surface area (Å²) in [4.78, 5) is 52.2. The number of carboxylic acids is 1. The average Bonchev–Trinajstić information content (AvgIpc) is 2.94. The van der Waals surface area contributed by atoms with Crippen LogP contribution in [0.3, 0.4) is 0 Å². The summed E-state index contributed by atoms with van der Waals surface area (Å²) in [5.74, 6) is -2.20. The van der Waals surface area contributed by atoms with Crippen molar-refractivity contribution in [2.45, 2.75) is 69.2 Å². The molecule has 1 heterocycles. The molecule has 0 aromatic heterocycles. The third kappa shape index (κ3) is 10.4. The van der Waals surface area contributed by atoms with Crippen LogP contribution in [0.2, 0.25) is 0 Å². The third-order valence-electron chi connectivity index (χ3n) is 6.30. The van der Waals surface area contributed by atoms with Gasteiger partial charge in [-0.25, -0.2) is 4.79 Å². The summed E-state index contributed by atoms with van der Waals surface area (Å²) < 4.78 is 11.2. The zero-order chi connectivity index (χ0) is 30.0. The van der Waals surface area contributed by atoms with Gasteiger partial charge in [0, 0.05) is 30.7 Å². The average molecular weight is 586 g/mol. The van der Waals surface area contributed by atoms with Gasteiger partial charge in [-0.15, -0.1) is 11.8 Å². The van der Waals surface area contributed by atoms with Crippen molar-refractivity contribution in [2.75, 3.05) is 26.0 Å². The molecule has 0 radical (unpaired) electrons. The van der Waals surface area contributed by atoms with Gasteiger partial charge >= 0.3 is 12.1 Å². The first-order valence-electron chi connectivity index (χ1n) is 13.6. The molecule has 0 spiro atoms. The van der Waals surface area contributed by atoms with Gasteiger partial charge in [-0.1, -0.05) is 36.4 Å². The number of hydrogen-bond donors (Lipinski definition) is 3. The topological polar surface area (TPSA) is 134 Å². The highest BCUT2D eigenvalue weighted by atomic mass is 32.2. The molecule has 1 aliphatic rings. The number of rotatable bonds is 11. The predicted octanol–water partition coefficient (Wildman–Crippen LogP) is 4.07. The van der Waals surface area contributed by atoms with Crippen LogP contribution in [0.4, 0.5) is 4.79 Å². The Balaban J connectivity index is 1.68. The van der Waals surface area contributed by atoms with E-state index in [0.717, 1.165) is 21.6 Å². The summed E-state index contributed by atoms with van der Waals surface area (Å²) in [6.07, 6.45) is 1.92. The van der Waals surface area contributed by atoms with Crippen molar-refractivity contribution in [3.8, 4) is 11.1 Å². The Morgan fingerprint density at radius 2 is 1.85 bits per heavy atom. The normalized spacial score (nSPS) is 16.0. The number of benzene rings is 2. The van der Waals surface area contributed by atoms with Crippen LogP contribution >= 0.6 is 11.8 Å². The number of nitrogens with zero attached hydrogens (tertiary/aromatic N) is 1. The lowest BCUT2D eigenvalue weighted by molar-refractivity contribution is -0.138. The molecule has 10 nitrogen and oxygen atoms in total. The van der Waals surface area contributed by atoms with Crippen LogP contribution in [-0.4, -0.2) is 77.7 Å². The minimum atomic E-state index is -1.18. The van der Waals surface area contributed by atoms with Crippen LogP contribution < -0.4 is 10.6 Å². The first kappa shape index (κ1) is 32.0. The van der Waals surface area contributed by atoms with E-state index in [2.05, 4.69) is 10.6 Å². The monoisotopic (exact) mass is 585 g/mol. The SMILES string of the molecule is CSc1ccc(-c2cccc(C[C@H](NC(=O)CCC3OCCCN3C(=O)OC(C)(C)C)C(=O)NCC(=O)O)c2)cc1. The number of aliphatic carboxylic acids is 1. The molecular weight excluding hydrogens is 546 g/mol. The molecule has 11 heteroatoms. The van der Waals surface area contributed by atoms with Gasteiger partial charge in [0.25, 0.3) is 0 Å². The molecule has 222 valence electrons. The lowest BCUT2D eigenvalue weighted by Gasteiger charge is -2.36. The second-order valence-electron chi connectivity index (χ2n) is 10.8.